The summed E-state index contributed by atoms with van der Waals surface area (Å²) in [6.07, 6.45) is 7.69. The van der Waals surface area contributed by atoms with Crippen LogP contribution in [0, 0.1) is 45.3 Å². The van der Waals surface area contributed by atoms with E-state index in [9.17, 15) is 14.4 Å². The van der Waals surface area contributed by atoms with Crippen LogP contribution in [0.2, 0.25) is 0 Å². The Morgan fingerprint density at radius 2 is 1.55 bits per heavy atom. The quantitative estimate of drug-likeness (QED) is 0.176. The molecule has 0 N–H and O–H groups in total. The lowest BCUT2D eigenvalue weighted by Crippen LogP contribution is -2.66. The van der Waals surface area contributed by atoms with E-state index >= 15 is 9.59 Å². The molecule has 0 amide bonds. The number of ether oxygens (including phenoxy) is 2. The van der Waals surface area contributed by atoms with Crippen molar-refractivity contribution in [1.82, 2.24) is 13.9 Å². The van der Waals surface area contributed by atoms with Crippen LogP contribution in [0.1, 0.15) is 137 Å². The van der Waals surface area contributed by atoms with Gasteiger partial charge in [-0.1, -0.05) is 41.5 Å². The highest BCUT2D eigenvalue weighted by atomic mass is 16.5. The minimum Gasteiger partial charge on any atom is -0.465 e. The number of Topliss-reactive ketones (excluding diaryl/α,β-unsaturated/α-hetero) is 1. The second-order valence-electron chi connectivity index (χ2n) is 18.8. The summed E-state index contributed by atoms with van der Waals surface area (Å²) in [4.78, 5) is 67.0. The van der Waals surface area contributed by atoms with Gasteiger partial charge in [-0.25, -0.2) is 23.5 Å². The van der Waals surface area contributed by atoms with E-state index in [0.717, 1.165) is 51.4 Å². The third kappa shape index (κ3) is 4.53. The monoisotopic (exact) mass is 727 g/mol. The zero-order chi connectivity index (χ0) is 38.2. The van der Waals surface area contributed by atoms with E-state index in [0.29, 0.717) is 23.6 Å². The standard InChI is InChI=1S/C43H57N3O7/c1-24(2)43-21-20-42(23-52-27(5)48)19-18-41(9)35(36(42)43)32(45-37(50)44(38(51)46(43)45)30-12-10-29(11-13-30)26(4)47)22-34-39(7)16-15-33(53-28(6)49)25(3)31(39)14-17-40(34,41)8/h10-13,24-25,31-34H,14-23H2,1-9H3/t25-,31+,32?,33+,34?,39+,40-,41-,42+,43?/m1/s1. The normalized spacial score (nSPS) is 39.5. The van der Waals surface area contributed by atoms with Crippen LogP contribution in [0.25, 0.3) is 5.69 Å². The lowest BCUT2D eigenvalue weighted by atomic mass is 9.34. The van der Waals surface area contributed by atoms with E-state index in [1.807, 2.05) is 9.36 Å². The van der Waals surface area contributed by atoms with E-state index in [1.54, 1.807) is 24.3 Å². The Bertz CT molecular complexity index is 2070. The molecule has 53 heavy (non-hydrogen) atoms. The van der Waals surface area contributed by atoms with Crippen LogP contribution in [0.3, 0.4) is 0 Å². The van der Waals surface area contributed by atoms with Gasteiger partial charge in [0.25, 0.3) is 0 Å². The number of esters is 2. The first kappa shape index (κ1) is 36.3. The number of rotatable bonds is 6. The molecule has 6 aliphatic rings. The molecule has 1 aromatic heterocycles. The summed E-state index contributed by atoms with van der Waals surface area (Å²) in [7, 11) is 0. The van der Waals surface area contributed by atoms with Crippen LogP contribution >= 0.6 is 0 Å². The molecule has 2 aromatic rings. The van der Waals surface area contributed by atoms with Gasteiger partial charge in [-0.3, -0.25) is 14.4 Å². The van der Waals surface area contributed by atoms with E-state index in [4.69, 9.17) is 9.47 Å². The number of nitrogens with zero attached hydrogens (tertiary/aromatic N) is 3. The molecule has 4 saturated carbocycles. The van der Waals surface area contributed by atoms with Crippen molar-refractivity contribution in [3.05, 3.63) is 61.9 Å². The van der Waals surface area contributed by atoms with Gasteiger partial charge in [0.05, 0.1) is 17.3 Å². The van der Waals surface area contributed by atoms with E-state index in [1.165, 1.54) is 36.5 Å². The lowest BCUT2D eigenvalue weighted by molar-refractivity contribution is -0.197. The molecule has 10 heteroatoms. The highest BCUT2D eigenvalue weighted by molar-refractivity contribution is 5.94. The van der Waals surface area contributed by atoms with Gasteiger partial charge in [0, 0.05) is 24.8 Å². The largest absolute Gasteiger partial charge is 0.465 e. The molecule has 286 valence electrons. The molecule has 2 heterocycles. The summed E-state index contributed by atoms with van der Waals surface area (Å²) in [5.74, 6) is 0.185. The first-order valence-electron chi connectivity index (χ1n) is 20.0. The molecule has 1 aliphatic heterocycles. The highest BCUT2D eigenvalue weighted by Crippen LogP contribution is 2.78. The van der Waals surface area contributed by atoms with Gasteiger partial charge >= 0.3 is 23.3 Å². The predicted octanol–water partition coefficient (Wildman–Crippen LogP) is 7.15. The molecule has 10 nitrogen and oxygen atoms in total. The Morgan fingerprint density at radius 3 is 2.17 bits per heavy atom. The Balaban J connectivity index is 1.39. The Kier molecular flexibility index (Phi) is 7.98. The minimum atomic E-state index is -0.768. The van der Waals surface area contributed by atoms with Crippen molar-refractivity contribution in [2.45, 2.75) is 138 Å². The maximum Gasteiger partial charge on any atom is 0.352 e. The van der Waals surface area contributed by atoms with Crippen LogP contribution in [0.4, 0.5) is 0 Å². The molecule has 0 bridgehead atoms. The van der Waals surface area contributed by atoms with Gasteiger partial charge in [-0.05, 0) is 140 Å². The summed E-state index contributed by atoms with van der Waals surface area (Å²) in [5, 5.41) is 0. The van der Waals surface area contributed by atoms with Crippen molar-refractivity contribution in [2.24, 2.45) is 45.3 Å². The van der Waals surface area contributed by atoms with Gasteiger partial charge in [-0.2, -0.15) is 0 Å². The van der Waals surface area contributed by atoms with Crippen LogP contribution in [-0.2, 0) is 24.6 Å². The number of aromatic nitrogens is 3. The molecule has 0 radical (unpaired) electrons. The Labute approximate surface area is 312 Å². The average molecular weight is 728 g/mol. The van der Waals surface area contributed by atoms with E-state index < -0.39 is 11.0 Å². The SMILES string of the molecule is CC(=O)OC[C@]12CCC3(C(C)C)C1=C1C(CC4[C@@]5(C)CC[C@H](OC(C)=O)[C@H](C)[C@@H]5CC[C@@]4(C)[C@]1(C)CC2)n1c(=O)n(-c2ccc(C(C)=O)cc2)c(=O)n13. The number of carbonyl (C=O) groups is 3. The molecule has 4 fully saturated rings. The molecule has 10 atom stereocenters. The molecule has 3 unspecified atom stereocenters. The van der Waals surface area contributed by atoms with Crippen molar-refractivity contribution < 1.29 is 23.9 Å². The van der Waals surface area contributed by atoms with Crippen molar-refractivity contribution in [2.75, 3.05) is 6.61 Å². The average Bonchev–Trinajstić information content (AvgIpc) is 3.58. The van der Waals surface area contributed by atoms with Crippen LogP contribution in [0.5, 0.6) is 0 Å². The number of fused-ring (bicyclic) bond motifs is 7. The fourth-order valence-corrected chi connectivity index (χ4v) is 13.9. The second kappa shape index (κ2) is 11.7. The molecule has 5 aliphatic carbocycles. The summed E-state index contributed by atoms with van der Waals surface area (Å²) < 4.78 is 16.9. The number of hydrogen-bond donors (Lipinski definition) is 0. The topological polar surface area (TPSA) is 119 Å². The number of carbonyl (C=O) groups excluding carboxylic acids is 3. The van der Waals surface area contributed by atoms with Crippen molar-refractivity contribution in [1.29, 1.82) is 0 Å². The summed E-state index contributed by atoms with van der Waals surface area (Å²) in [6.45, 7) is 18.8. The lowest BCUT2D eigenvalue weighted by Gasteiger charge is -2.71. The maximum atomic E-state index is 15.2. The zero-order valence-electron chi connectivity index (χ0n) is 33.0. The Hall–Kier alpha value is -3.69. The predicted molar refractivity (Wildman–Crippen MR) is 200 cm³/mol. The molecular weight excluding hydrogens is 670 g/mol. The molecule has 8 rings (SSSR count). The molecular formula is C43H57N3O7. The van der Waals surface area contributed by atoms with E-state index in [-0.39, 0.29) is 81.9 Å². The number of benzene rings is 1. The molecule has 1 aromatic carbocycles. The van der Waals surface area contributed by atoms with Gasteiger partial charge in [0.1, 0.15) is 12.7 Å². The third-order valence-corrected chi connectivity index (χ3v) is 16.5. The highest BCUT2D eigenvalue weighted by Gasteiger charge is 2.73. The third-order valence-electron chi connectivity index (χ3n) is 16.5. The number of ketones is 1. The van der Waals surface area contributed by atoms with Crippen molar-refractivity contribution >= 4 is 17.7 Å². The molecule has 0 spiro atoms. The fraction of sp³-hybridized carbons (Fsp3) is 0.698. The first-order valence-corrected chi connectivity index (χ1v) is 20.0. The minimum absolute atomic E-state index is 0.0250. The summed E-state index contributed by atoms with van der Waals surface area (Å²) >= 11 is 0. The van der Waals surface area contributed by atoms with E-state index in [2.05, 4.69) is 41.5 Å². The summed E-state index contributed by atoms with van der Waals surface area (Å²) in [6, 6.07) is 6.44. The number of allylic oxidation sites excluding steroid dienone is 1. The molecule has 0 saturated heterocycles. The van der Waals surface area contributed by atoms with Crippen molar-refractivity contribution in [3.8, 4) is 5.69 Å². The zero-order valence-corrected chi connectivity index (χ0v) is 33.0. The van der Waals surface area contributed by atoms with Gasteiger partial charge in [-0.15, -0.1) is 0 Å². The second-order valence-corrected chi connectivity index (χ2v) is 18.8. The van der Waals surface area contributed by atoms with Gasteiger partial charge < -0.3 is 9.47 Å². The number of hydrogen-bond acceptors (Lipinski definition) is 7. The van der Waals surface area contributed by atoms with Crippen LogP contribution in [0.15, 0.2) is 45.0 Å². The Morgan fingerprint density at radius 1 is 0.868 bits per heavy atom. The van der Waals surface area contributed by atoms with Gasteiger partial charge in [0.2, 0.25) is 0 Å². The summed E-state index contributed by atoms with van der Waals surface area (Å²) in [5.41, 5.74) is 1.23. The smallest absolute Gasteiger partial charge is 0.352 e. The fourth-order valence-electron chi connectivity index (χ4n) is 13.9. The van der Waals surface area contributed by atoms with Crippen LogP contribution < -0.4 is 11.4 Å². The maximum absolute atomic E-state index is 15.2. The van der Waals surface area contributed by atoms with Crippen molar-refractivity contribution in [3.63, 3.8) is 0 Å². The van der Waals surface area contributed by atoms with Crippen LogP contribution in [-0.4, -0.2) is 44.4 Å². The van der Waals surface area contributed by atoms with Gasteiger partial charge in [0.15, 0.2) is 5.78 Å². The first-order chi connectivity index (χ1) is 24.9.